The van der Waals surface area contributed by atoms with Crippen molar-refractivity contribution >= 4 is 33.3 Å². The fourth-order valence-corrected chi connectivity index (χ4v) is 6.01. The standard InChI is InChI=1S/C21H20F3N5O3S2/c1-10(2)8-29-18-13(17(31)28(3)20(29)32)15(34-19-25-9-26-27-19)16(33-18)14(30)11-6-4-5-7-12(11)21(22,23)24/h4-7,9-10,14,30H,8H2,1-3H3,(H,25,26,27). The molecule has 0 aliphatic heterocycles. The first-order valence-electron chi connectivity index (χ1n) is 10.1. The minimum Gasteiger partial charge on any atom is -0.383 e. The number of halogens is 3. The van der Waals surface area contributed by atoms with Crippen LogP contribution in [0, 0.1) is 5.92 Å². The summed E-state index contributed by atoms with van der Waals surface area (Å²) in [5.41, 5.74) is -2.49. The summed E-state index contributed by atoms with van der Waals surface area (Å²) in [5.74, 6) is 0.0465. The molecule has 0 aliphatic rings. The molecule has 3 aromatic heterocycles. The van der Waals surface area contributed by atoms with E-state index in [1.165, 1.54) is 36.1 Å². The first-order valence-corrected chi connectivity index (χ1v) is 11.8. The van der Waals surface area contributed by atoms with Gasteiger partial charge in [0.25, 0.3) is 5.56 Å². The summed E-state index contributed by atoms with van der Waals surface area (Å²) >= 11 is 1.88. The second kappa shape index (κ2) is 9.04. The van der Waals surface area contributed by atoms with Crippen LogP contribution in [-0.2, 0) is 19.8 Å². The normalized spacial score (nSPS) is 13.2. The summed E-state index contributed by atoms with van der Waals surface area (Å²) < 4.78 is 43.4. The molecule has 3 heterocycles. The molecule has 0 spiro atoms. The Balaban J connectivity index is 2.05. The summed E-state index contributed by atoms with van der Waals surface area (Å²) in [6, 6.07) is 4.73. The molecule has 4 aromatic rings. The number of aromatic nitrogens is 5. The molecule has 0 aliphatic carbocycles. The number of hydrogen-bond acceptors (Lipinski definition) is 7. The van der Waals surface area contributed by atoms with Crippen LogP contribution in [0.4, 0.5) is 13.2 Å². The number of aliphatic hydroxyl groups excluding tert-OH is 1. The molecule has 0 amide bonds. The van der Waals surface area contributed by atoms with Crippen LogP contribution in [0.25, 0.3) is 10.2 Å². The first kappa shape index (κ1) is 24.2. The van der Waals surface area contributed by atoms with E-state index >= 15 is 0 Å². The molecular formula is C21H20F3N5O3S2. The number of aliphatic hydroxyl groups is 1. The summed E-state index contributed by atoms with van der Waals surface area (Å²) in [6.07, 6.45) is -5.14. The number of alkyl halides is 3. The van der Waals surface area contributed by atoms with Crippen molar-refractivity contribution in [3.8, 4) is 0 Å². The van der Waals surface area contributed by atoms with Crippen molar-refractivity contribution in [2.75, 3.05) is 0 Å². The van der Waals surface area contributed by atoms with Gasteiger partial charge in [-0.05, 0) is 29.3 Å². The minimum atomic E-state index is -4.69. The van der Waals surface area contributed by atoms with E-state index in [1.807, 2.05) is 13.8 Å². The van der Waals surface area contributed by atoms with Gasteiger partial charge in [-0.2, -0.15) is 18.3 Å². The lowest BCUT2D eigenvalue weighted by atomic mass is 10.0. The highest BCUT2D eigenvalue weighted by atomic mass is 32.2. The van der Waals surface area contributed by atoms with E-state index < -0.39 is 29.1 Å². The zero-order valence-corrected chi connectivity index (χ0v) is 19.9. The van der Waals surface area contributed by atoms with Gasteiger partial charge >= 0.3 is 11.9 Å². The van der Waals surface area contributed by atoms with Crippen molar-refractivity contribution in [1.29, 1.82) is 0 Å². The SMILES string of the molecule is CC(C)Cn1c(=O)n(C)c(=O)c2c(Sc3ncn[nH]3)c(C(O)c3ccccc3C(F)(F)F)sc21. The fraction of sp³-hybridized carbons (Fsp3) is 0.333. The average Bonchev–Trinajstić information content (AvgIpc) is 3.42. The van der Waals surface area contributed by atoms with E-state index in [-0.39, 0.29) is 43.2 Å². The Bertz CT molecular complexity index is 1460. The second-order valence-electron chi connectivity index (χ2n) is 8.01. The van der Waals surface area contributed by atoms with Crippen LogP contribution in [0.3, 0.4) is 0 Å². The number of hydrogen-bond donors (Lipinski definition) is 2. The molecular weight excluding hydrogens is 491 g/mol. The van der Waals surface area contributed by atoms with Gasteiger partial charge < -0.3 is 5.11 Å². The van der Waals surface area contributed by atoms with Crippen LogP contribution in [0.5, 0.6) is 0 Å². The lowest BCUT2D eigenvalue weighted by Gasteiger charge is -2.17. The Labute approximate surface area is 199 Å². The Morgan fingerprint density at radius 2 is 1.94 bits per heavy atom. The molecule has 0 saturated heterocycles. The molecule has 13 heteroatoms. The molecule has 0 radical (unpaired) electrons. The van der Waals surface area contributed by atoms with Gasteiger partial charge in [0.15, 0.2) is 5.16 Å². The number of nitrogens with one attached hydrogen (secondary N) is 1. The zero-order valence-electron chi connectivity index (χ0n) is 18.3. The molecule has 180 valence electrons. The Kier molecular flexibility index (Phi) is 6.44. The number of rotatable bonds is 6. The van der Waals surface area contributed by atoms with Crippen molar-refractivity contribution in [3.05, 3.63) is 67.4 Å². The number of aromatic amines is 1. The highest BCUT2D eigenvalue weighted by Crippen LogP contribution is 2.45. The van der Waals surface area contributed by atoms with Gasteiger partial charge in [0.05, 0.1) is 15.8 Å². The van der Waals surface area contributed by atoms with E-state index in [9.17, 15) is 27.9 Å². The smallest absolute Gasteiger partial charge is 0.383 e. The maximum absolute atomic E-state index is 13.7. The maximum Gasteiger partial charge on any atom is 0.416 e. The fourth-order valence-electron chi connectivity index (χ4n) is 3.61. The topological polar surface area (TPSA) is 106 Å². The molecule has 0 bridgehead atoms. The molecule has 4 rings (SSSR count). The molecule has 0 fully saturated rings. The predicted molar refractivity (Wildman–Crippen MR) is 122 cm³/mol. The van der Waals surface area contributed by atoms with E-state index in [1.54, 1.807) is 0 Å². The van der Waals surface area contributed by atoms with E-state index in [0.29, 0.717) is 0 Å². The Morgan fingerprint density at radius 3 is 2.56 bits per heavy atom. The number of H-pyrrole nitrogens is 1. The van der Waals surface area contributed by atoms with Crippen molar-refractivity contribution < 1.29 is 18.3 Å². The summed E-state index contributed by atoms with van der Waals surface area (Å²) in [6.45, 7) is 4.08. The lowest BCUT2D eigenvalue weighted by molar-refractivity contribution is -0.139. The summed E-state index contributed by atoms with van der Waals surface area (Å²) in [7, 11) is 1.34. The van der Waals surface area contributed by atoms with Gasteiger partial charge in [-0.25, -0.2) is 9.78 Å². The Morgan fingerprint density at radius 1 is 1.24 bits per heavy atom. The molecule has 1 aromatic carbocycles. The zero-order chi connectivity index (χ0) is 24.8. The van der Waals surface area contributed by atoms with Gasteiger partial charge in [0, 0.05) is 18.5 Å². The van der Waals surface area contributed by atoms with Crippen LogP contribution in [0.15, 0.2) is 50.2 Å². The number of thiophene rings is 1. The molecule has 8 nitrogen and oxygen atoms in total. The average molecular weight is 512 g/mol. The molecule has 2 N–H and O–H groups in total. The largest absolute Gasteiger partial charge is 0.416 e. The van der Waals surface area contributed by atoms with Crippen LogP contribution in [0.1, 0.15) is 36.0 Å². The molecule has 1 atom stereocenters. The quantitative estimate of drug-likeness (QED) is 0.408. The van der Waals surface area contributed by atoms with Crippen LogP contribution < -0.4 is 11.2 Å². The monoisotopic (exact) mass is 511 g/mol. The third kappa shape index (κ3) is 4.30. The predicted octanol–water partition coefficient (Wildman–Crippen LogP) is 3.79. The first-order chi connectivity index (χ1) is 16.0. The van der Waals surface area contributed by atoms with Gasteiger partial charge in [0.1, 0.15) is 17.3 Å². The lowest BCUT2D eigenvalue weighted by Crippen LogP contribution is -2.38. The molecule has 34 heavy (non-hydrogen) atoms. The molecule has 1 unspecified atom stereocenters. The van der Waals surface area contributed by atoms with Crippen LogP contribution in [0.2, 0.25) is 0 Å². The van der Waals surface area contributed by atoms with E-state index in [0.717, 1.165) is 33.7 Å². The van der Waals surface area contributed by atoms with Crippen molar-refractivity contribution in [2.24, 2.45) is 13.0 Å². The van der Waals surface area contributed by atoms with Crippen LogP contribution in [-0.4, -0.2) is 29.4 Å². The Hall–Kier alpha value is -2.90. The van der Waals surface area contributed by atoms with Crippen LogP contribution >= 0.6 is 23.1 Å². The molecule has 0 saturated carbocycles. The highest BCUT2D eigenvalue weighted by Gasteiger charge is 2.36. The van der Waals surface area contributed by atoms with Gasteiger partial charge in [-0.3, -0.25) is 19.0 Å². The van der Waals surface area contributed by atoms with Crippen molar-refractivity contribution in [2.45, 2.75) is 42.7 Å². The third-order valence-electron chi connectivity index (χ3n) is 5.10. The van der Waals surface area contributed by atoms with Crippen molar-refractivity contribution in [3.63, 3.8) is 0 Å². The van der Waals surface area contributed by atoms with Gasteiger partial charge in [-0.15, -0.1) is 11.3 Å². The number of fused-ring (bicyclic) bond motifs is 1. The number of nitrogens with zero attached hydrogens (tertiary/aromatic N) is 4. The maximum atomic E-state index is 13.7. The van der Waals surface area contributed by atoms with Gasteiger partial charge in [-0.1, -0.05) is 32.0 Å². The number of benzene rings is 1. The minimum absolute atomic E-state index is 0.0465. The second-order valence-corrected chi connectivity index (χ2v) is 10.0. The van der Waals surface area contributed by atoms with E-state index in [4.69, 9.17) is 0 Å². The third-order valence-corrected chi connectivity index (χ3v) is 7.51. The van der Waals surface area contributed by atoms with Crippen molar-refractivity contribution in [1.82, 2.24) is 24.3 Å². The summed E-state index contributed by atoms with van der Waals surface area (Å²) in [4.78, 5) is 30.7. The highest BCUT2D eigenvalue weighted by molar-refractivity contribution is 7.99. The van der Waals surface area contributed by atoms with Gasteiger partial charge in [0.2, 0.25) is 0 Å². The summed E-state index contributed by atoms with van der Waals surface area (Å²) in [5, 5.41) is 18.0. The van der Waals surface area contributed by atoms with E-state index in [2.05, 4.69) is 15.2 Å².